The summed E-state index contributed by atoms with van der Waals surface area (Å²) in [6.45, 7) is 4.77. The van der Waals surface area contributed by atoms with Crippen LogP contribution in [-0.2, 0) is 10.0 Å². The second-order valence-corrected chi connectivity index (χ2v) is 7.46. The summed E-state index contributed by atoms with van der Waals surface area (Å²) >= 11 is 5.91. The van der Waals surface area contributed by atoms with Crippen LogP contribution in [0.15, 0.2) is 23.1 Å². The third-order valence-corrected chi connectivity index (χ3v) is 6.01. The highest BCUT2D eigenvalue weighted by Crippen LogP contribution is 2.33. The number of sulfonamides is 1. The molecule has 6 nitrogen and oxygen atoms in total. The van der Waals surface area contributed by atoms with Crippen LogP contribution in [0.4, 0.5) is 5.69 Å². The molecule has 0 aromatic heterocycles. The molecule has 1 heterocycles. The minimum Gasteiger partial charge on any atom is -0.258 e. The smallest absolute Gasteiger partial charge is 0.258 e. The first kappa shape index (κ1) is 15.2. The molecule has 1 aliphatic rings. The van der Waals surface area contributed by atoms with Gasteiger partial charge in [0, 0.05) is 25.2 Å². The Bertz CT molecular complexity index is 637. The SMILES string of the molecule is CC1CN(S(=O)(=O)c2cc([N+](=O)[O-])ccc2Cl)CC1C. The van der Waals surface area contributed by atoms with Gasteiger partial charge in [0.25, 0.3) is 5.69 Å². The maximum absolute atomic E-state index is 12.5. The fourth-order valence-corrected chi connectivity index (χ4v) is 4.35. The standard InChI is InChI=1S/C12H15ClN2O4S/c1-8-6-14(7-9(8)2)20(18,19)12-5-10(15(16)17)3-4-11(12)13/h3-5,8-9H,6-7H2,1-2H3. The Kier molecular flexibility index (Phi) is 4.04. The number of hydrogen-bond acceptors (Lipinski definition) is 4. The van der Waals surface area contributed by atoms with Gasteiger partial charge in [-0.25, -0.2) is 8.42 Å². The molecular weight excluding hydrogens is 304 g/mol. The fourth-order valence-electron chi connectivity index (χ4n) is 2.22. The zero-order chi connectivity index (χ0) is 15.1. The van der Waals surface area contributed by atoms with Crippen molar-refractivity contribution in [3.63, 3.8) is 0 Å². The first-order valence-electron chi connectivity index (χ1n) is 6.17. The largest absolute Gasteiger partial charge is 0.270 e. The second-order valence-electron chi connectivity index (χ2n) is 5.15. The molecule has 8 heteroatoms. The molecule has 2 atom stereocenters. The average molecular weight is 319 g/mol. The Morgan fingerprint density at radius 1 is 1.30 bits per heavy atom. The van der Waals surface area contributed by atoms with Crippen LogP contribution in [0, 0.1) is 22.0 Å². The molecule has 0 N–H and O–H groups in total. The van der Waals surface area contributed by atoms with Crippen molar-refractivity contribution in [2.24, 2.45) is 11.8 Å². The van der Waals surface area contributed by atoms with Crippen molar-refractivity contribution in [1.82, 2.24) is 4.31 Å². The maximum Gasteiger partial charge on any atom is 0.270 e. The average Bonchev–Trinajstić information content (AvgIpc) is 2.70. The third-order valence-electron chi connectivity index (χ3n) is 3.70. The molecule has 0 aliphatic carbocycles. The van der Waals surface area contributed by atoms with Gasteiger partial charge in [0.15, 0.2) is 0 Å². The highest BCUT2D eigenvalue weighted by atomic mass is 35.5. The van der Waals surface area contributed by atoms with Crippen LogP contribution in [0.3, 0.4) is 0 Å². The number of benzene rings is 1. The third kappa shape index (κ3) is 2.65. The Morgan fingerprint density at radius 3 is 2.35 bits per heavy atom. The lowest BCUT2D eigenvalue weighted by Crippen LogP contribution is -2.29. The van der Waals surface area contributed by atoms with E-state index in [9.17, 15) is 18.5 Å². The van der Waals surface area contributed by atoms with Crippen LogP contribution >= 0.6 is 11.6 Å². The van der Waals surface area contributed by atoms with Gasteiger partial charge in [0.05, 0.1) is 9.95 Å². The van der Waals surface area contributed by atoms with Crippen molar-refractivity contribution in [3.8, 4) is 0 Å². The Labute approximate surface area is 122 Å². The summed E-state index contributed by atoms with van der Waals surface area (Å²) in [6, 6.07) is 3.46. The van der Waals surface area contributed by atoms with Crippen LogP contribution < -0.4 is 0 Å². The lowest BCUT2D eigenvalue weighted by atomic mass is 10.0. The Morgan fingerprint density at radius 2 is 1.85 bits per heavy atom. The molecule has 1 fully saturated rings. The summed E-state index contributed by atoms with van der Waals surface area (Å²) in [4.78, 5) is 9.94. The monoisotopic (exact) mass is 318 g/mol. The summed E-state index contributed by atoms with van der Waals surface area (Å²) in [5, 5.41) is 10.8. The minimum absolute atomic E-state index is 0.00260. The quantitative estimate of drug-likeness (QED) is 0.633. The molecule has 110 valence electrons. The van der Waals surface area contributed by atoms with Crippen LogP contribution in [0.2, 0.25) is 5.02 Å². The van der Waals surface area contributed by atoms with E-state index in [1.807, 2.05) is 13.8 Å². The van der Waals surface area contributed by atoms with E-state index in [-0.39, 0.29) is 27.4 Å². The zero-order valence-electron chi connectivity index (χ0n) is 11.1. The van der Waals surface area contributed by atoms with Crippen LogP contribution in [0.1, 0.15) is 13.8 Å². The Hall–Kier alpha value is -1.18. The van der Waals surface area contributed by atoms with Gasteiger partial charge in [-0.15, -0.1) is 0 Å². The summed E-state index contributed by atoms with van der Waals surface area (Å²) in [6.07, 6.45) is 0. The van der Waals surface area contributed by atoms with Gasteiger partial charge in [0.2, 0.25) is 10.0 Å². The molecule has 0 amide bonds. The molecule has 0 saturated carbocycles. The first-order valence-corrected chi connectivity index (χ1v) is 7.99. The van der Waals surface area contributed by atoms with Crippen LogP contribution in [0.25, 0.3) is 0 Å². The molecule has 1 aromatic carbocycles. The van der Waals surface area contributed by atoms with Gasteiger partial charge in [0.1, 0.15) is 4.90 Å². The molecular formula is C12H15ClN2O4S. The number of hydrogen-bond donors (Lipinski definition) is 0. The lowest BCUT2D eigenvalue weighted by Gasteiger charge is -2.16. The predicted octanol–water partition coefficient (Wildman–Crippen LogP) is 2.52. The van der Waals surface area contributed by atoms with Crippen molar-refractivity contribution < 1.29 is 13.3 Å². The van der Waals surface area contributed by atoms with Crippen molar-refractivity contribution in [2.75, 3.05) is 13.1 Å². The van der Waals surface area contributed by atoms with E-state index in [1.54, 1.807) is 0 Å². The number of nitrogens with zero attached hydrogens (tertiary/aromatic N) is 2. The normalized spacial score (nSPS) is 23.9. The second kappa shape index (κ2) is 5.31. The van der Waals surface area contributed by atoms with Crippen molar-refractivity contribution in [1.29, 1.82) is 0 Å². The van der Waals surface area contributed by atoms with E-state index in [2.05, 4.69) is 0 Å². The van der Waals surface area contributed by atoms with E-state index in [0.717, 1.165) is 6.07 Å². The van der Waals surface area contributed by atoms with Crippen LogP contribution in [0.5, 0.6) is 0 Å². The van der Waals surface area contributed by atoms with E-state index in [1.165, 1.54) is 16.4 Å². The summed E-state index contributed by atoms with van der Waals surface area (Å²) in [7, 11) is -3.79. The molecule has 1 aromatic rings. The van der Waals surface area contributed by atoms with Gasteiger partial charge in [-0.05, 0) is 17.9 Å². The Balaban J connectivity index is 2.44. The number of non-ortho nitro benzene ring substituents is 1. The minimum atomic E-state index is -3.79. The van der Waals surface area contributed by atoms with Crippen molar-refractivity contribution >= 4 is 27.3 Å². The van der Waals surface area contributed by atoms with Crippen LogP contribution in [-0.4, -0.2) is 30.7 Å². The number of rotatable bonds is 3. The highest BCUT2D eigenvalue weighted by Gasteiger charge is 2.36. The highest BCUT2D eigenvalue weighted by molar-refractivity contribution is 7.89. The van der Waals surface area contributed by atoms with Gasteiger partial charge < -0.3 is 0 Å². The zero-order valence-corrected chi connectivity index (χ0v) is 12.7. The van der Waals surface area contributed by atoms with Gasteiger partial charge in [-0.2, -0.15) is 4.31 Å². The number of nitro benzene ring substituents is 1. The molecule has 1 aliphatic heterocycles. The molecule has 0 bridgehead atoms. The molecule has 0 spiro atoms. The summed E-state index contributed by atoms with van der Waals surface area (Å²) < 4.78 is 26.4. The van der Waals surface area contributed by atoms with Crippen molar-refractivity contribution in [2.45, 2.75) is 18.7 Å². The van der Waals surface area contributed by atoms with E-state index in [4.69, 9.17) is 11.6 Å². The van der Waals surface area contributed by atoms with E-state index in [0.29, 0.717) is 13.1 Å². The maximum atomic E-state index is 12.5. The topological polar surface area (TPSA) is 80.5 Å². The predicted molar refractivity (Wildman–Crippen MR) is 75.2 cm³/mol. The summed E-state index contributed by atoms with van der Waals surface area (Å²) in [5.41, 5.74) is -0.284. The number of nitro groups is 1. The molecule has 2 unspecified atom stereocenters. The molecule has 0 radical (unpaired) electrons. The molecule has 2 rings (SSSR count). The van der Waals surface area contributed by atoms with Gasteiger partial charge in [-0.1, -0.05) is 25.4 Å². The van der Waals surface area contributed by atoms with Crippen molar-refractivity contribution in [3.05, 3.63) is 33.3 Å². The van der Waals surface area contributed by atoms with Gasteiger partial charge >= 0.3 is 0 Å². The number of halogens is 1. The van der Waals surface area contributed by atoms with E-state index >= 15 is 0 Å². The molecule has 1 saturated heterocycles. The molecule has 20 heavy (non-hydrogen) atoms. The fraction of sp³-hybridized carbons (Fsp3) is 0.500. The summed E-state index contributed by atoms with van der Waals surface area (Å²) in [5.74, 6) is 0.504. The lowest BCUT2D eigenvalue weighted by molar-refractivity contribution is -0.385. The van der Waals surface area contributed by atoms with Gasteiger partial charge in [-0.3, -0.25) is 10.1 Å². The first-order chi connectivity index (χ1) is 9.23. The van der Waals surface area contributed by atoms with E-state index < -0.39 is 14.9 Å².